The summed E-state index contributed by atoms with van der Waals surface area (Å²) in [4.78, 5) is 22.8. The van der Waals surface area contributed by atoms with E-state index in [-0.39, 0.29) is 17.9 Å². The predicted molar refractivity (Wildman–Crippen MR) is 70.3 cm³/mol. The van der Waals surface area contributed by atoms with Crippen LogP contribution in [0.5, 0.6) is 5.75 Å². The first-order chi connectivity index (χ1) is 8.06. The van der Waals surface area contributed by atoms with Gasteiger partial charge < -0.3 is 15.2 Å². The van der Waals surface area contributed by atoms with Gasteiger partial charge in [-0.25, -0.2) is 0 Å². The SMILES string of the molecule is COC(=O)C(I)CNC(=O)c1ccccc1O. The van der Waals surface area contributed by atoms with E-state index >= 15 is 0 Å². The standard InChI is InChI=1S/C11H12INO4/c1-17-11(16)8(12)6-13-10(15)7-4-2-3-5-9(7)14/h2-5,8,14H,6H2,1H3,(H,13,15). The number of amides is 1. The molecule has 0 aliphatic rings. The number of benzene rings is 1. The highest BCUT2D eigenvalue weighted by molar-refractivity contribution is 14.1. The summed E-state index contributed by atoms with van der Waals surface area (Å²) in [5.74, 6) is -0.912. The van der Waals surface area contributed by atoms with Gasteiger partial charge in [-0.1, -0.05) is 34.7 Å². The molecule has 5 nitrogen and oxygen atoms in total. The number of halogens is 1. The zero-order chi connectivity index (χ0) is 12.8. The summed E-state index contributed by atoms with van der Waals surface area (Å²) in [7, 11) is 1.29. The Balaban J connectivity index is 2.57. The first kappa shape index (κ1) is 13.8. The molecule has 1 aromatic rings. The number of ether oxygens (including phenoxy) is 1. The molecule has 1 atom stereocenters. The Morgan fingerprint density at radius 2 is 2.12 bits per heavy atom. The molecule has 0 aromatic heterocycles. The lowest BCUT2D eigenvalue weighted by molar-refractivity contribution is -0.139. The van der Waals surface area contributed by atoms with Gasteiger partial charge in [-0.3, -0.25) is 9.59 Å². The van der Waals surface area contributed by atoms with E-state index in [2.05, 4.69) is 10.1 Å². The van der Waals surface area contributed by atoms with Crippen LogP contribution in [-0.2, 0) is 9.53 Å². The Morgan fingerprint density at radius 1 is 1.47 bits per heavy atom. The van der Waals surface area contributed by atoms with E-state index in [4.69, 9.17) is 0 Å². The maximum Gasteiger partial charge on any atom is 0.320 e. The Hall–Kier alpha value is -1.31. The fourth-order valence-electron chi connectivity index (χ4n) is 1.15. The fraction of sp³-hybridized carbons (Fsp3) is 0.273. The minimum absolute atomic E-state index is 0.0897. The lowest BCUT2D eigenvalue weighted by atomic mass is 10.2. The van der Waals surface area contributed by atoms with Crippen molar-refractivity contribution in [3.63, 3.8) is 0 Å². The van der Waals surface area contributed by atoms with E-state index in [0.29, 0.717) is 0 Å². The van der Waals surface area contributed by atoms with Gasteiger partial charge >= 0.3 is 5.97 Å². The number of para-hydroxylation sites is 1. The van der Waals surface area contributed by atoms with Gasteiger partial charge in [0.25, 0.3) is 5.91 Å². The number of rotatable bonds is 4. The molecule has 0 aliphatic carbocycles. The second-order valence-corrected chi connectivity index (χ2v) is 4.72. The van der Waals surface area contributed by atoms with E-state index in [1.807, 2.05) is 22.6 Å². The lowest BCUT2D eigenvalue weighted by Gasteiger charge is -2.09. The summed E-state index contributed by atoms with van der Waals surface area (Å²) < 4.78 is 4.08. The number of alkyl halides is 1. The molecule has 0 bridgehead atoms. The van der Waals surface area contributed by atoms with Gasteiger partial charge in [-0.2, -0.15) is 0 Å². The fourth-order valence-corrected chi connectivity index (χ4v) is 1.63. The first-order valence-electron chi connectivity index (χ1n) is 4.84. The quantitative estimate of drug-likeness (QED) is 0.485. The van der Waals surface area contributed by atoms with Crippen LogP contribution in [-0.4, -0.2) is 34.6 Å². The smallest absolute Gasteiger partial charge is 0.320 e. The number of aromatic hydroxyl groups is 1. The van der Waals surface area contributed by atoms with E-state index in [1.54, 1.807) is 12.1 Å². The van der Waals surface area contributed by atoms with Gasteiger partial charge in [-0.05, 0) is 12.1 Å². The summed E-state index contributed by atoms with van der Waals surface area (Å²) in [5, 5.41) is 12.0. The average Bonchev–Trinajstić information content (AvgIpc) is 2.35. The monoisotopic (exact) mass is 349 g/mol. The Labute approximate surface area is 112 Å². The molecule has 6 heteroatoms. The van der Waals surface area contributed by atoms with Crippen LogP contribution in [0, 0.1) is 0 Å². The Bertz CT molecular complexity index is 422. The Morgan fingerprint density at radius 3 is 2.71 bits per heavy atom. The summed E-state index contributed by atoms with van der Waals surface area (Å²) in [5.41, 5.74) is 0.181. The molecule has 0 saturated heterocycles. The highest BCUT2D eigenvalue weighted by Gasteiger charge is 2.17. The van der Waals surface area contributed by atoms with Gasteiger partial charge in [0.2, 0.25) is 0 Å². The number of methoxy groups -OCH3 is 1. The van der Waals surface area contributed by atoms with Crippen LogP contribution in [0.25, 0.3) is 0 Å². The minimum atomic E-state index is -0.451. The van der Waals surface area contributed by atoms with Gasteiger partial charge in [0, 0.05) is 6.54 Å². The van der Waals surface area contributed by atoms with Crippen LogP contribution in [0.3, 0.4) is 0 Å². The third kappa shape index (κ3) is 3.88. The Kier molecular flexibility index (Phi) is 5.20. The van der Waals surface area contributed by atoms with Crippen molar-refractivity contribution in [2.45, 2.75) is 3.92 Å². The zero-order valence-electron chi connectivity index (χ0n) is 9.14. The molecule has 0 saturated carbocycles. The van der Waals surface area contributed by atoms with Crippen molar-refractivity contribution in [2.75, 3.05) is 13.7 Å². The van der Waals surface area contributed by atoms with E-state index < -0.39 is 15.8 Å². The van der Waals surface area contributed by atoms with Gasteiger partial charge in [-0.15, -0.1) is 0 Å². The van der Waals surface area contributed by atoms with Gasteiger partial charge in [0.15, 0.2) is 0 Å². The number of nitrogens with one attached hydrogen (secondary N) is 1. The molecule has 1 aromatic carbocycles. The third-order valence-corrected chi connectivity index (χ3v) is 3.00. The molecule has 1 amide bonds. The van der Waals surface area contributed by atoms with Crippen LogP contribution < -0.4 is 5.32 Å². The predicted octanol–water partition coefficient (Wildman–Crippen LogP) is 1.10. The van der Waals surface area contributed by atoms with Crippen molar-refractivity contribution in [3.8, 4) is 5.75 Å². The molecular formula is C11H12INO4. The summed E-state index contributed by atoms with van der Waals surface area (Å²) in [6, 6.07) is 6.21. The molecule has 0 spiro atoms. The lowest BCUT2D eigenvalue weighted by Crippen LogP contribution is -2.33. The van der Waals surface area contributed by atoms with Gasteiger partial charge in [0.05, 0.1) is 12.7 Å². The third-order valence-electron chi connectivity index (χ3n) is 2.05. The van der Waals surface area contributed by atoms with Crippen molar-refractivity contribution >= 4 is 34.5 Å². The first-order valence-corrected chi connectivity index (χ1v) is 6.09. The second-order valence-electron chi connectivity index (χ2n) is 3.22. The molecule has 0 heterocycles. The molecule has 0 fully saturated rings. The minimum Gasteiger partial charge on any atom is -0.507 e. The number of phenolic OH excluding ortho intramolecular Hbond substituents is 1. The van der Waals surface area contributed by atoms with Crippen LogP contribution in [0.1, 0.15) is 10.4 Å². The molecule has 17 heavy (non-hydrogen) atoms. The summed E-state index contributed by atoms with van der Waals surface area (Å²) in [6.07, 6.45) is 0. The van der Waals surface area contributed by atoms with Crippen molar-refractivity contribution < 1.29 is 19.4 Å². The maximum absolute atomic E-state index is 11.7. The number of hydrogen-bond acceptors (Lipinski definition) is 4. The number of esters is 1. The van der Waals surface area contributed by atoms with Crippen molar-refractivity contribution in [2.24, 2.45) is 0 Å². The van der Waals surface area contributed by atoms with E-state index in [9.17, 15) is 14.7 Å². The summed E-state index contributed by atoms with van der Waals surface area (Å²) in [6.45, 7) is 0.153. The van der Waals surface area contributed by atoms with Crippen molar-refractivity contribution in [1.82, 2.24) is 5.32 Å². The van der Waals surface area contributed by atoms with Crippen LogP contribution in [0.4, 0.5) is 0 Å². The summed E-state index contributed by atoms with van der Waals surface area (Å²) >= 11 is 1.88. The van der Waals surface area contributed by atoms with Crippen LogP contribution in [0.15, 0.2) is 24.3 Å². The average molecular weight is 349 g/mol. The second kappa shape index (κ2) is 6.43. The van der Waals surface area contributed by atoms with Crippen LogP contribution >= 0.6 is 22.6 Å². The number of phenols is 1. The highest BCUT2D eigenvalue weighted by atomic mass is 127. The van der Waals surface area contributed by atoms with E-state index in [1.165, 1.54) is 19.2 Å². The highest BCUT2D eigenvalue weighted by Crippen LogP contribution is 2.15. The molecular weight excluding hydrogens is 337 g/mol. The number of hydrogen-bond donors (Lipinski definition) is 2. The normalized spacial score (nSPS) is 11.6. The molecule has 0 radical (unpaired) electrons. The molecule has 92 valence electrons. The van der Waals surface area contributed by atoms with Crippen molar-refractivity contribution in [3.05, 3.63) is 29.8 Å². The maximum atomic E-state index is 11.7. The molecule has 0 aliphatic heterocycles. The molecule has 1 rings (SSSR count). The number of carbonyl (C=O) groups excluding carboxylic acids is 2. The van der Waals surface area contributed by atoms with Gasteiger partial charge in [0.1, 0.15) is 9.67 Å². The molecule has 1 unspecified atom stereocenters. The van der Waals surface area contributed by atoms with Crippen LogP contribution in [0.2, 0.25) is 0 Å². The van der Waals surface area contributed by atoms with Crippen molar-refractivity contribution in [1.29, 1.82) is 0 Å². The number of carbonyl (C=O) groups is 2. The zero-order valence-corrected chi connectivity index (χ0v) is 11.3. The topological polar surface area (TPSA) is 75.6 Å². The van der Waals surface area contributed by atoms with E-state index in [0.717, 1.165) is 0 Å². The molecule has 2 N–H and O–H groups in total. The largest absolute Gasteiger partial charge is 0.507 e.